The van der Waals surface area contributed by atoms with Crippen molar-refractivity contribution in [3.05, 3.63) is 17.5 Å². The second-order valence-electron chi connectivity index (χ2n) is 4.20. The van der Waals surface area contributed by atoms with E-state index >= 15 is 0 Å². The highest BCUT2D eigenvalue weighted by molar-refractivity contribution is 7.87. The third-order valence-corrected chi connectivity index (χ3v) is 4.12. The van der Waals surface area contributed by atoms with E-state index in [0.717, 1.165) is 15.6 Å². The van der Waals surface area contributed by atoms with E-state index in [1.807, 2.05) is 0 Å². The third kappa shape index (κ3) is 4.62. The number of nitrogens with one attached hydrogen (secondary N) is 1. The van der Waals surface area contributed by atoms with Crippen LogP contribution in [0, 0.1) is 6.92 Å². The summed E-state index contributed by atoms with van der Waals surface area (Å²) in [7, 11) is -0.590. The highest BCUT2D eigenvalue weighted by atomic mass is 32.2. The highest BCUT2D eigenvalue weighted by Crippen LogP contribution is 2.05. The summed E-state index contributed by atoms with van der Waals surface area (Å²) in [6.07, 6.45) is 1.50. The lowest BCUT2D eigenvalue weighted by Gasteiger charge is -2.16. The standard InChI is InChI=1S/C10H18N4O4S/c1-8-9(7-13(2)12-8)6-11-19(17,18)14(3)5-4-10(15)16/h7,11H,4-6H2,1-3H3,(H,15,16). The van der Waals surface area contributed by atoms with Gasteiger partial charge < -0.3 is 5.11 Å². The minimum Gasteiger partial charge on any atom is -0.481 e. The van der Waals surface area contributed by atoms with Gasteiger partial charge in [-0.2, -0.15) is 22.5 Å². The number of aromatic nitrogens is 2. The lowest BCUT2D eigenvalue weighted by molar-refractivity contribution is -0.137. The maximum Gasteiger partial charge on any atom is 0.304 e. The van der Waals surface area contributed by atoms with Crippen molar-refractivity contribution < 1.29 is 18.3 Å². The molecule has 0 saturated heterocycles. The topological polar surface area (TPSA) is 105 Å². The molecule has 8 nitrogen and oxygen atoms in total. The molecular formula is C10H18N4O4S. The summed E-state index contributed by atoms with van der Waals surface area (Å²) in [5, 5.41) is 12.6. The Morgan fingerprint density at radius 1 is 1.58 bits per heavy atom. The van der Waals surface area contributed by atoms with Crippen molar-refractivity contribution in [3.63, 3.8) is 0 Å². The molecule has 1 heterocycles. The Morgan fingerprint density at radius 2 is 2.21 bits per heavy atom. The lowest BCUT2D eigenvalue weighted by atomic mass is 10.3. The predicted molar refractivity (Wildman–Crippen MR) is 68.6 cm³/mol. The molecular weight excluding hydrogens is 272 g/mol. The monoisotopic (exact) mass is 290 g/mol. The number of aryl methyl sites for hydroxylation is 2. The summed E-state index contributed by atoms with van der Waals surface area (Å²) in [6, 6.07) is 0. The van der Waals surface area contributed by atoms with E-state index in [4.69, 9.17) is 5.11 Å². The van der Waals surface area contributed by atoms with Crippen LogP contribution in [0.1, 0.15) is 17.7 Å². The summed E-state index contributed by atoms with van der Waals surface area (Å²) < 4.78 is 28.6. The molecule has 19 heavy (non-hydrogen) atoms. The molecule has 108 valence electrons. The zero-order valence-corrected chi connectivity index (χ0v) is 11.9. The molecule has 0 radical (unpaired) electrons. The summed E-state index contributed by atoms with van der Waals surface area (Å²) in [5.41, 5.74) is 1.52. The van der Waals surface area contributed by atoms with Gasteiger partial charge in [0.2, 0.25) is 0 Å². The van der Waals surface area contributed by atoms with Crippen LogP contribution in [0.15, 0.2) is 6.20 Å². The van der Waals surface area contributed by atoms with Crippen LogP contribution >= 0.6 is 0 Å². The molecule has 0 fully saturated rings. The fraction of sp³-hybridized carbons (Fsp3) is 0.600. The van der Waals surface area contributed by atoms with E-state index in [1.54, 1.807) is 24.9 Å². The second-order valence-corrected chi connectivity index (χ2v) is 6.07. The average molecular weight is 290 g/mol. The van der Waals surface area contributed by atoms with Crippen LogP contribution in [0.25, 0.3) is 0 Å². The van der Waals surface area contributed by atoms with Gasteiger partial charge in [-0.25, -0.2) is 0 Å². The van der Waals surface area contributed by atoms with Gasteiger partial charge >= 0.3 is 5.97 Å². The Hall–Kier alpha value is -1.45. The van der Waals surface area contributed by atoms with E-state index in [9.17, 15) is 13.2 Å². The zero-order valence-electron chi connectivity index (χ0n) is 11.1. The van der Waals surface area contributed by atoms with Crippen molar-refractivity contribution in [3.8, 4) is 0 Å². The Morgan fingerprint density at radius 3 is 2.68 bits per heavy atom. The van der Waals surface area contributed by atoms with Crippen LogP contribution in [0.5, 0.6) is 0 Å². The summed E-state index contributed by atoms with van der Waals surface area (Å²) in [5.74, 6) is -1.04. The molecule has 9 heteroatoms. The number of carbonyl (C=O) groups is 1. The van der Waals surface area contributed by atoms with Gasteiger partial charge in [0.25, 0.3) is 10.2 Å². The second kappa shape index (κ2) is 6.13. The van der Waals surface area contributed by atoms with Gasteiger partial charge in [-0.05, 0) is 6.92 Å². The van der Waals surface area contributed by atoms with Crippen LogP contribution in [0.2, 0.25) is 0 Å². The molecule has 0 saturated carbocycles. The summed E-state index contributed by atoms with van der Waals surface area (Å²) in [6.45, 7) is 1.84. The molecule has 1 rings (SSSR count). The zero-order chi connectivity index (χ0) is 14.6. The van der Waals surface area contributed by atoms with Gasteiger partial charge in [-0.1, -0.05) is 0 Å². The first-order valence-corrected chi connectivity index (χ1v) is 7.08. The number of hydrogen-bond donors (Lipinski definition) is 2. The first-order chi connectivity index (χ1) is 8.72. The normalized spacial score (nSPS) is 12.0. The van der Waals surface area contributed by atoms with Crippen molar-refractivity contribution in [1.29, 1.82) is 0 Å². The number of hydrogen-bond acceptors (Lipinski definition) is 4. The smallest absolute Gasteiger partial charge is 0.304 e. The van der Waals surface area contributed by atoms with Gasteiger partial charge in [-0.15, -0.1) is 0 Å². The fourth-order valence-corrected chi connectivity index (χ4v) is 2.36. The quantitative estimate of drug-likeness (QED) is 0.702. The third-order valence-electron chi connectivity index (χ3n) is 2.61. The van der Waals surface area contributed by atoms with E-state index in [-0.39, 0.29) is 19.5 Å². The number of nitrogens with zero attached hydrogens (tertiary/aromatic N) is 3. The summed E-state index contributed by atoms with van der Waals surface area (Å²) in [4.78, 5) is 10.4. The minimum absolute atomic E-state index is 0.0727. The van der Waals surface area contributed by atoms with Crippen molar-refractivity contribution >= 4 is 16.2 Å². The lowest BCUT2D eigenvalue weighted by Crippen LogP contribution is -2.38. The minimum atomic E-state index is -3.68. The van der Waals surface area contributed by atoms with E-state index in [2.05, 4.69) is 9.82 Å². The number of carboxylic acids is 1. The molecule has 1 aromatic rings. The Kier molecular flexibility index (Phi) is 5.04. The van der Waals surface area contributed by atoms with Crippen LogP contribution < -0.4 is 4.72 Å². The molecule has 0 spiro atoms. The maximum absolute atomic E-state index is 11.8. The SMILES string of the molecule is Cc1nn(C)cc1CNS(=O)(=O)N(C)CCC(=O)O. The largest absolute Gasteiger partial charge is 0.481 e. The number of carboxylic acid groups (broad SMARTS) is 1. The van der Waals surface area contributed by atoms with Crippen molar-refractivity contribution in [2.75, 3.05) is 13.6 Å². The molecule has 0 bridgehead atoms. The van der Waals surface area contributed by atoms with Crippen molar-refractivity contribution in [2.45, 2.75) is 19.9 Å². The van der Waals surface area contributed by atoms with E-state index < -0.39 is 16.2 Å². The van der Waals surface area contributed by atoms with Crippen molar-refractivity contribution in [2.24, 2.45) is 7.05 Å². The molecule has 0 aromatic carbocycles. The molecule has 1 aromatic heterocycles. The Labute approximate surface area is 112 Å². The van der Waals surface area contributed by atoms with E-state index in [1.165, 1.54) is 7.05 Å². The highest BCUT2D eigenvalue weighted by Gasteiger charge is 2.18. The Bertz CT molecular complexity index is 552. The van der Waals surface area contributed by atoms with Gasteiger partial charge in [0.1, 0.15) is 0 Å². The molecule has 0 atom stereocenters. The maximum atomic E-state index is 11.8. The fourth-order valence-electron chi connectivity index (χ4n) is 1.47. The van der Waals surface area contributed by atoms with Crippen LogP contribution in [0.3, 0.4) is 0 Å². The van der Waals surface area contributed by atoms with Crippen LogP contribution in [0.4, 0.5) is 0 Å². The van der Waals surface area contributed by atoms with Gasteiger partial charge in [0.15, 0.2) is 0 Å². The first-order valence-electron chi connectivity index (χ1n) is 5.64. The predicted octanol–water partition coefficient (Wildman–Crippen LogP) is -0.531. The molecule has 0 amide bonds. The van der Waals surface area contributed by atoms with E-state index in [0.29, 0.717) is 0 Å². The van der Waals surface area contributed by atoms with Gasteiger partial charge in [-0.3, -0.25) is 9.48 Å². The average Bonchev–Trinajstić information content (AvgIpc) is 2.62. The molecule has 0 aliphatic rings. The van der Waals surface area contributed by atoms with Gasteiger partial charge in [0.05, 0.1) is 12.1 Å². The Balaban J connectivity index is 2.59. The number of aliphatic carboxylic acids is 1. The summed E-state index contributed by atoms with van der Waals surface area (Å²) >= 11 is 0. The first kappa shape index (κ1) is 15.6. The molecule has 0 aliphatic carbocycles. The number of rotatable bonds is 7. The molecule has 2 N–H and O–H groups in total. The van der Waals surface area contributed by atoms with Crippen molar-refractivity contribution in [1.82, 2.24) is 18.8 Å². The van der Waals surface area contributed by atoms with Crippen LogP contribution in [-0.4, -0.2) is 47.2 Å². The van der Waals surface area contributed by atoms with Crippen LogP contribution in [-0.2, 0) is 28.6 Å². The van der Waals surface area contributed by atoms with Gasteiger partial charge in [0, 0.05) is 38.9 Å². The molecule has 0 unspecified atom stereocenters. The molecule has 0 aliphatic heterocycles.